The number of oxime groups is 1. The maximum absolute atomic E-state index is 12.1. The highest BCUT2D eigenvalue weighted by Gasteiger charge is 2.22. The van der Waals surface area contributed by atoms with Gasteiger partial charge in [0.05, 0.1) is 22.0 Å². The van der Waals surface area contributed by atoms with Gasteiger partial charge in [0.1, 0.15) is 5.69 Å². The SMILES string of the molecule is Cn1nc(C(C)(C)C)cc1C(=O)O/N=C\c1c(Cl)cccc1Cl. The zero-order chi connectivity index (χ0) is 17.2. The van der Waals surface area contributed by atoms with Gasteiger partial charge in [-0.05, 0) is 18.2 Å². The number of hydrogen-bond donors (Lipinski definition) is 0. The fourth-order valence-electron chi connectivity index (χ4n) is 1.83. The monoisotopic (exact) mass is 353 g/mol. The Balaban J connectivity index is 2.14. The van der Waals surface area contributed by atoms with Crippen molar-refractivity contribution in [2.75, 3.05) is 0 Å². The number of nitrogens with zero attached hydrogens (tertiary/aromatic N) is 3. The summed E-state index contributed by atoms with van der Waals surface area (Å²) in [5.41, 5.74) is 1.44. The Hall–Kier alpha value is -1.85. The van der Waals surface area contributed by atoms with Crippen LogP contribution in [0, 0.1) is 0 Å². The van der Waals surface area contributed by atoms with Crippen LogP contribution in [-0.2, 0) is 17.3 Å². The van der Waals surface area contributed by atoms with E-state index in [2.05, 4.69) is 10.3 Å². The van der Waals surface area contributed by atoms with Gasteiger partial charge in [-0.3, -0.25) is 4.68 Å². The molecule has 0 saturated heterocycles. The number of carbonyl (C=O) groups is 1. The minimum absolute atomic E-state index is 0.162. The smallest absolute Gasteiger partial charge is 0.311 e. The molecule has 1 heterocycles. The van der Waals surface area contributed by atoms with Gasteiger partial charge in [0.2, 0.25) is 0 Å². The number of carbonyl (C=O) groups excluding carboxylic acids is 1. The van der Waals surface area contributed by atoms with Crippen LogP contribution in [0.2, 0.25) is 10.0 Å². The van der Waals surface area contributed by atoms with Crippen molar-refractivity contribution >= 4 is 35.4 Å². The maximum Gasteiger partial charge on any atom is 0.383 e. The Labute approximate surface area is 144 Å². The maximum atomic E-state index is 12.1. The lowest BCUT2D eigenvalue weighted by Crippen LogP contribution is -2.12. The molecule has 0 unspecified atom stereocenters. The first kappa shape index (κ1) is 17.5. The van der Waals surface area contributed by atoms with E-state index in [0.29, 0.717) is 21.3 Å². The molecular weight excluding hydrogens is 337 g/mol. The molecule has 0 radical (unpaired) electrons. The molecule has 1 aromatic carbocycles. The number of halogens is 2. The third-order valence-corrected chi connectivity index (χ3v) is 3.83. The molecule has 0 bridgehead atoms. The zero-order valence-corrected chi connectivity index (χ0v) is 14.8. The Morgan fingerprint density at radius 2 is 1.91 bits per heavy atom. The van der Waals surface area contributed by atoms with E-state index in [4.69, 9.17) is 28.0 Å². The second kappa shape index (κ2) is 6.72. The first-order chi connectivity index (χ1) is 10.7. The van der Waals surface area contributed by atoms with Gasteiger partial charge in [-0.15, -0.1) is 0 Å². The van der Waals surface area contributed by atoms with E-state index in [9.17, 15) is 4.79 Å². The number of aromatic nitrogens is 2. The van der Waals surface area contributed by atoms with Crippen LogP contribution in [0.5, 0.6) is 0 Å². The minimum Gasteiger partial charge on any atom is -0.311 e. The normalized spacial score (nSPS) is 11.9. The van der Waals surface area contributed by atoms with E-state index >= 15 is 0 Å². The van der Waals surface area contributed by atoms with Gasteiger partial charge in [-0.25, -0.2) is 4.79 Å². The van der Waals surface area contributed by atoms with Crippen LogP contribution >= 0.6 is 23.2 Å². The van der Waals surface area contributed by atoms with E-state index in [-0.39, 0.29) is 5.41 Å². The highest BCUT2D eigenvalue weighted by atomic mass is 35.5. The van der Waals surface area contributed by atoms with E-state index < -0.39 is 5.97 Å². The molecule has 23 heavy (non-hydrogen) atoms. The van der Waals surface area contributed by atoms with Crippen LogP contribution < -0.4 is 0 Å². The lowest BCUT2D eigenvalue weighted by Gasteiger charge is -2.13. The van der Waals surface area contributed by atoms with E-state index in [0.717, 1.165) is 5.69 Å². The largest absolute Gasteiger partial charge is 0.383 e. The van der Waals surface area contributed by atoms with Gasteiger partial charge in [0.15, 0.2) is 0 Å². The molecule has 0 fully saturated rings. The lowest BCUT2D eigenvalue weighted by atomic mass is 9.92. The molecule has 1 aromatic heterocycles. The zero-order valence-electron chi connectivity index (χ0n) is 13.3. The summed E-state index contributed by atoms with van der Waals surface area (Å²) in [5, 5.41) is 8.83. The summed E-state index contributed by atoms with van der Waals surface area (Å²) in [6.45, 7) is 6.05. The van der Waals surface area contributed by atoms with Crippen molar-refractivity contribution in [1.82, 2.24) is 9.78 Å². The van der Waals surface area contributed by atoms with Crippen molar-refractivity contribution in [3.05, 3.63) is 51.3 Å². The molecule has 0 amide bonds. The van der Waals surface area contributed by atoms with Crippen LogP contribution in [0.3, 0.4) is 0 Å². The Kier molecular flexibility index (Phi) is 5.12. The highest BCUT2D eigenvalue weighted by molar-refractivity contribution is 6.38. The summed E-state index contributed by atoms with van der Waals surface area (Å²) in [5.74, 6) is -0.602. The van der Waals surface area contributed by atoms with Crippen LogP contribution in [0.25, 0.3) is 0 Å². The summed E-state index contributed by atoms with van der Waals surface area (Å²) >= 11 is 12.0. The van der Waals surface area contributed by atoms with E-state index in [1.807, 2.05) is 20.8 Å². The third-order valence-electron chi connectivity index (χ3n) is 3.17. The molecule has 0 saturated carbocycles. The fourth-order valence-corrected chi connectivity index (χ4v) is 2.33. The van der Waals surface area contributed by atoms with E-state index in [1.165, 1.54) is 10.9 Å². The predicted octanol–water partition coefficient (Wildman–Crippen LogP) is 4.22. The van der Waals surface area contributed by atoms with Crippen LogP contribution in [-0.4, -0.2) is 22.0 Å². The van der Waals surface area contributed by atoms with Crippen molar-refractivity contribution in [2.24, 2.45) is 12.2 Å². The Morgan fingerprint density at radius 1 is 1.30 bits per heavy atom. The Morgan fingerprint density at radius 3 is 2.43 bits per heavy atom. The molecule has 122 valence electrons. The first-order valence-corrected chi connectivity index (χ1v) is 7.69. The number of rotatable bonds is 3. The van der Waals surface area contributed by atoms with Crippen LogP contribution in [0.4, 0.5) is 0 Å². The average Bonchev–Trinajstić information content (AvgIpc) is 2.84. The second-order valence-electron chi connectivity index (χ2n) is 6.04. The summed E-state index contributed by atoms with van der Waals surface area (Å²) in [6, 6.07) is 6.76. The summed E-state index contributed by atoms with van der Waals surface area (Å²) in [4.78, 5) is 17.0. The summed E-state index contributed by atoms with van der Waals surface area (Å²) < 4.78 is 1.47. The molecule has 0 aliphatic rings. The molecule has 0 atom stereocenters. The predicted molar refractivity (Wildman–Crippen MR) is 91.4 cm³/mol. The van der Waals surface area contributed by atoms with Crippen LogP contribution in [0.1, 0.15) is 42.5 Å². The topological polar surface area (TPSA) is 56.5 Å². The lowest BCUT2D eigenvalue weighted by molar-refractivity contribution is 0.0506. The minimum atomic E-state index is -0.602. The standard InChI is InChI=1S/C16H17Cl2N3O2/c1-16(2,3)14-8-13(21(4)20-14)15(22)23-19-9-10-11(17)6-5-7-12(10)18/h5-9H,1-4H3/b19-9-. The van der Waals surface area contributed by atoms with Crippen molar-refractivity contribution < 1.29 is 9.63 Å². The van der Waals surface area contributed by atoms with Gasteiger partial charge in [0.25, 0.3) is 0 Å². The molecule has 0 aliphatic carbocycles. The quantitative estimate of drug-likeness (QED) is 0.471. The van der Waals surface area contributed by atoms with E-state index in [1.54, 1.807) is 31.3 Å². The molecular formula is C16H17Cl2N3O2. The number of hydrogen-bond acceptors (Lipinski definition) is 4. The van der Waals surface area contributed by atoms with Crippen molar-refractivity contribution in [1.29, 1.82) is 0 Å². The van der Waals surface area contributed by atoms with Crippen molar-refractivity contribution in [3.63, 3.8) is 0 Å². The van der Waals surface area contributed by atoms with Crippen molar-refractivity contribution in [3.8, 4) is 0 Å². The van der Waals surface area contributed by atoms with Crippen LogP contribution in [0.15, 0.2) is 29.4 Å². The summed E-state index contributed by atoms with van der Waals surface area (Å²) in [7, 11) is 1.68. The van der Waals surface area contributed by atoms with Gasteiger partial charge >= 0.3 is 5.97 Å². The van der Waals surface area contributed by atoms with Gasteiger partial charge in [-0.1, -0.05) is 55.2 Å². The molecule has 7 heteroatoms. The third kappa shape index (κ3) is 4.12. The molecule has 0 aliphatic heterocycles. The average molecular weight is 354 g/mol. The molecule has 0 spiro atoms. The molecule has 0 N–H and O–H groups in total. The molecule has 2 rings (SSSR count). The fraction of sp³-hybridized carbons (Fsp3) is 0.312. The molecule has 5 nitrogen and oxygen atoms in total. The van der Waals surface area contributed by atoms with Crippen molar-refractivity contribution in [2.45, 2.75) is 26.2 Å². The number of aryl methyl sites for hydroxylation is 1. The first-order valence-electron chi connectivity index (χ1n) is 6.93. The van der Waals surface area contributed by atoms with Gasteiger partial charge < -0.3 is 4.84 Å². The number of benzene rings is 1. The van der Waals surface area contributed by atoms with Gasteiger partial charge in [0, 0.05) is 18.0 Å². The molecule has 2 aromatic rings. The van der Waals surface area contributed by atoms with Gasteiger partial charge in [-0.2, -0.15) is 5.10 Å². The Bertz CT molecular complexity index is 741. The summed E-state index contributed by atoms with van der Waals surface area (Å²) in [6.07, 6.45) is 1.31. The highest BCUT2D eigenvalue weighted by Crippen LogP contribution is 2.23. The second-order valence-corrected chi connectivity index (χ2v) is 6.85.